The number of benzene rings is 3. The first kappa shape index (κ1) is 27.6. The molecule has 4 rings (SSSR count). The van der Waals surface area contributed by atoms with Crippen LogP contribution >= 0.6 is 23.4 Å². The Kier molecular flexibility index (Phi) is 8.49. The summed E-state index contributed by atoms with van der Waals surface area (Å²) in [5, 5.41) is 10.9. The van der Waals surface area contributed by atoms with E-state index in [1.165, 1.54) is 19.3 Å². The number of imide groups is 1. The van der Waals surface area contributed by atoms with E-state index in [1.54, 1.807) is 30.3 Å². The summed E-state index contributed by atoms with van der Waals surface area (Å²) >= 11 is 7.04. The number of ether oxygens (including phenoxy) is 2. The zero-order valence-corrected chi connectivity index (χ0v) is 21.7. The van der Waals surface area contributed by atoms with Crippen molar-refractivity contribution in [1.29, 1.82) is 5.26 Å². The lowest BCUT2D eigenvalue weighted by Gasteiger charge is -2.14. The molecule has 1 fully saturated rings. The van der Waals surface area contributed by atoms with Gasteiger partial charge in [-0.25, -0.2) is 8.78 Å². The summed E-state index contributed by atoms with van der Waals surface area (Å²) in [5.41, 5.74) is 1.24. The number of anilines is 1. The van der Waals surface area contributed by atoms with Gasteiger partial charge < -0.3 is 14.8 Å². The number of nitrogens with zero attached hydrogens (tertiary/aromatic N) is 2. The summed E-state index contributed by atoms with van der Waals surface area (Å²) in [6, 6.07) is 14.7. The van der Waals surface area contributed by atoms with E-state index in [1.807, 2.05) is 0 Å². The monoisotopic (exact) mass is 569 g/mol. The zero-order chi connectivity index (χ0) is 28.1. The van der Waals surface area contributed by atoms with Crippen molar-refractivity contribution < 1.29 is 32.6 Å². The van der Waals surface area contributed by atoms with Crippen LogP contribution in [0.15, 0.2) is 59.5 Å². The lowest BCUT2D eigenvalue weighted by molar-refractivity contribution is -0.127. The van der Waals surface area contributed by atoms with Crippen LogP contribution in [0.4, 0.5) is 19.3 Å². The van der Waals surface area contributed by atoms with Crippen molar-refractivity contribution in [1.82, 2.24) is 4.90 Å². The van der Waals surface area contributed by atoms with Crippen LogP contribution in [0.5, 0.6) is 11.5 Å². The first-order valence-electron chi connectivity index (χ1n) is 11.2. The molecule has 0 atom stereocenters. The van der Waals surface area contributed by atoms with E-state index in [0.717, 1.165) is 12.1 Å². The Morgan fingerprint density at radius 2 is 1.95 bits per heavy atom. The van der Waals surface area contributed by atoms with Crippen LogP contribution in [0.2, 0.25) is 5.02 Å². The number of nitrogens with one attached hydrogen (secondary N) is 1. The number of thioether (sulfide) groups is 1. The third-order valence-electron chi connectivity index (χ3n) is 5.44. The fourth-order valence-corrected chi connectivity index (χ4v) is 4.69. The molecule has 3 amide bonds. The van der Waals surface area contributed by atoms with Crippen LogP contribution < -0.4 is 14.8 Å². The molecule has 3 aromatic carbocycles. The molecule has 1 aliphatic rings. The van der Waals surface area contributed by atoms with Crippen LogP contribution in [-0.4, -0.2) is 35.6 Å². The van der Waals surface area contributed by atoms with Crippen molar-refractivity contribution in [3.63, 3.8) is 0 Å². The predicted octanol–water partition coefficient (Wildman–Crippen LogP) is 5.75. The van der Waals surface area contributed by atoms with Crippen molar-refractivity contribution in [2.45, 2.75) is 6.61 Å². The fourth-order valence-electron chi connectivity index (χ4n) is 3.58. The molecule has 0 unspecified atom stereocenters. The van der Waals surface area contributed by atoms with Gasteiger partial charge in [0.1, 0.15) is 24.8 Å². The molecular weight excluding hydrogens is 552 g/mol. The third-order valence-corrected chi connectivity index (χ3v) is 6.63. The summed E-state index contributed by atoms with van der Waals surface area (Å²) in [6.45, 7) is -0.609. The Morgan fingerprint density at radius 3 is 2.67 bits per heavy atom. The minimum atomic E-state index is -0.995. The number of hydrogen-bond donors (Lipinski definition) is 1. The minimum Gasteiger partial charge on any atom is -0.493 e. The summed E-state index contributed by atoms with van der Waals surface area (Å²) in [5.74, 6) is -2.91. The SMILES string of the molecule is COc1cc(/C=C2\SC(=O)N(CC(=O)Nc3ccc(F)cc3F)C2=O)cc(Cl)c1OCc1ccccc1C#N. The Labute approximate surface area is 230 Å². The van der Waals surface area contributed by atoms with Crippen LogP contribution in [-0.2, 0) is 16.2 Å². The van der Waals surface area contributed by atoms with Gasteiger partial charge in [-0.2, -0.15) is 5.26 Å². The largest absolute Gasteiger partial charge is 0.493 e. The Bertz CT molecular complexity index is 1560. The molecule has 198 valence electrons. The molecule has 8 nitrogen and oxygen atoms in total. The van der Waals surface area contributed by atoms with E-state index < -0.39 is 35.2 Å². The molecule has 1 heterocycles. The first-order chi connectivity index (χ1) is 18.7. The van der Waals surface area contributed by atoms with Gasteiger partial charge in [0.25, 0.3) is 11.1 Å². The average molecular weight is 570 g/mol. The van der Waals surface area contributed by atoms with E-state index in [4.69, 9.17) is 21.1 Å². The predicted molar refractivity (Wildman–Crippen MR) is 141 cm³/mol. The molecule has 0 spiro atoms. The number of carbonyl (C=O) groups is 3. The maximum Gasteiger partial charge on any atom is 0.294 e. The van der Waals surface area contributed by atoms with Crippen LogP contribution in [0.1, 0.15) is 16.7 Å². The van der Waals surface area contributed by atoms with Gasteiger partial charge in [0, 0.05) is 11.6 Å². The highest BCUT2D eigenvalue weighted by Crippen LogP contribution is 2.39. The molecule has 0 saturated carbocycles. The van der Waals surface area contributed by atoms with Crippen LogP contribution in [0.25, 0.3) is 6.08 Å². The number of amides is 3. The summed E-state index contributed by atoms with van der Waals surface area (Å²) < 4.78 is 38.1. The van der Waals surface area contributed by atoms with Gasteiger partial charge in [0.05, 0.1) is 34.4 Å². The second-order valence-electron chi connectivity index (χ2n) is 8.03. The summed E-state index contributed by atoms with van der Waals surface area (Å²) in [4.78, 5) is 38.3. The lowest BCUT2D eigenvalue weighted by Crippen LogP contribution is -2.36. The number of rotatable bonds is 8. The quantitative estimate of drug-likeness (QED) is 0.344. The van der Waals surface area contributed by atoms with E-state index in [0.29, 0.717) is 39.4 Å². The number of methoxy groups -OCH3 is 1. The summed E-state index contributed by atoms with van der Waals surface area (Å²) in [7, 11) is 1.40. The summed E-state index contributed by atoms with van der Waals surface area (Å²) in [6.07, 6.45) is 1.41. The molecule has 1 aliphatic heterocycles. The van der Waals surface area contributed by atoms with Gasteiger partial charge in [0.15, 0.2) is 11.5 Å². The van der Waals surface area contributed by atoms with E-state index in [-0.39, 0.29) is 33.7 Å². The lowest BCUT2D eigenvalue weighted by atomic mass is 10.1. The van der Waals surface area contributed by atoms with Gasteiger partial charge >= 0.3 is 0 Å². The fraction of sp³-hybridized carbons (Fsp3) is 0.111. The topological polar surface area (TPSA) is 109 Å². The number of halogens is 3. The standard InChI is InChI=1S/C27H18ClF2N3O5S/c1-37-22-9-15(8-19(28)25(22)38-14-17-5-3-2-4-16(17)12-31)10-23-26(35)33(27(36)39-23)13-24(34)32-21-7-6-18(29)11-20(21)30/h2-11H,13-14H2,1H3,(H,32,34)/b23-10-. The molecule has 39 heavy (non-hydrogen) atoms. The highest BCUT2D eigenvalue weighted by molar-refractivity contribution is 8.18. The molecule has 1 saturated heterocycles. The van der Waals surface area contributed by atoms with E-state index >= 15 is 0 Å². The highest BCUT2D eigenvalue weighted by Gasteiger charge is 2.36. The van der Waals surface area contributed by atoms with Gasteiger partial charge in [-0.3, -0.25) is 19.3 Å². The minimum absolute atomic E-state index is 0.0236. The smallest absolute Gasteiger partial charge is 0.294 e. The maximum atomic E-state index is 13.8. The Hall–Kier alpha value is -4.40. The highest BCUT2D eigenvalue weighted by atomic mass is 35.5. The van der Waals surface area contributed by atoms with Gasteiger partial charge in [0.2, 0.25) is 5.91 Å². The third kappa shape index (κ3) is 6.37. The van der Waals surface area contributed by atoms with E-state index in [2.05, 4.69) is 11.4 Å². The van der Waals surface area contributed by atoms with Gasteiger partial charge in [-0.1, -0.05) is 29.8 Å². The molecule has 1 N–H and O–H groups in total. The number of nitriles is 1. The number of carbonyl (C=O) groups excluding carboxylic acids is 3. The van der Waals surface area contributed by atoms with Crippen molar-refractivity contribution >= 4 is 52.2 Å². The van der Waals surface area contributed by atoms with Crippen molar-refractivity contribution in [3.8, 4) is 17.6 Å². The van der Waals surface area contributed by atoms with Crippen molar-refractivity contribution in [2.75, 3.05) is 19.0 Å². The first-order valence-corrected chi connectivity index (χ1v) is 12.4. The molecule has 0 aliphatic carbocycles. The Balaban J connectivity index is 1.48. The normalized spacial score (nSPS) is 13.9. The average Bonchev–Trinajstić information content (AvgIpc) is 3.16. The molecule has 0 bridgehead atoms. The number of hydrogen-bond acceptors (Lipinski definition) is 7. The van der Waals surface area contributed by atoms with Crippen LogP contribution in [0.3, 0.4) is 0 Å². The maximum absolute atomic E-state index is 13.8. The van der Waals surface area contributed by atoms with Crippen molar-refractivity contribution in [3.05, 3.63) is 92.8 Å². The molecular formula is C27H18ClF2N3O5S. The second-order valence-corrected chi connectivity index (χ2v) is 9.43. The zero-order valence-electron chi connectivity index (χ0n) is 20.2. The molecule has 12 heteroatoms. The van der Waals surface area contributed by atoms with Crippen molar-refractivity contribution in [2.24, 2.45) is 0 Å². The molecule has 0 radical (unpaired) electrons. The molecule has 3 aromatic rings. The van der Waals surface area contributed by atoms with E-state index in [9.17, 15) is 28.4 Å². The Morgan fingerprint density at radius 1 is 1.18 bits per heavy atom. The van der Waals surface area contributed by atoms with Crippen LogP contribution in [0, 0.1) is 23.0 Å². The second kappa shape index (κ2) is 12.0. The van der Waals surface area contributed by atoms with Gasteiger partial charge in [-0.05, 0) is 53.7 Å². The van der Waals surface area contributed by atoms with Gasteiger partial charge in [-0.15, -0.1) is 0 Å². The molecule has 0 aromatic heterocycles.